The van der Waals surface area contributed by atoms with E-state index in [1.165, 1.54) is 17.9 Å². The first kappa shape index (κ1) is 15.5. The zero-order valence-corrected chi connectivity index (χ0v) is 13.5. The van der Waals surface area contributed by atoms with Crippen LogP contribution in [0.25, 0.3) is 0 Å². The first-order valence-electron chi connectivity index (χ1n) is 7.50. The Hall–Kier alpha value is -0.870. The Bertz CT molecular complexity index is 432. The van der Waals surface area contributed by atoms with E-state index in [4.69, 9.17) is 0 Å². The van der Waals surface area contributed by atoms with Gasteiger partial charge in [-0.25, -0.2) is 0 Å². The van der Waals surface area contributed by atoms with Crippen LogP contribution >= 0.6 is 11.8 Å². The summed E-state index contributed by atoms with van der Waals surface area (Å²) >= 11 is 2.01. The van der Waals surface area contributed by atoms with E-state index >= 15 is 0 Å². The smallest absolute Gasteiger partial charge is 0.122 e. The number of benzene rings is 1. The van der Waals surface area contributed by atoms with Gasteiger partial charge in [-0.3, -0.25) is 0 Å². The molecule has 0 aliphatic carbocycles. The second kappa shape index (κ2) is 7.23. The lowest BCUT2D eigenvalue weighted by molar-refractivity contribution is 0.452. The van der Waals surface area contributed by atoms with Gasteiger partial charge >= 0.3 is 0 Å². The van der Waals surface area contributed by atoms with Gasteiger partial charge in [0.15, 0.2) is 0 Å². The van der Waals surface area contributed by atoms with Gasteiger partial charge in [-0.05, 0) is 38.1 Å². The topological polar surface area (TPSA) is 35.5 Å². The third-order valence-electron chi connectivity index (χ3n) is 4.04. The number of aromatic hydroxyl groups is 1. The van der Waals surface area contributed by atoms with Crippen LogP contribution in [0, 0.1) is 0 Å². The second-order valence-corrected chi connectivity index (χ2v) is 6.70. The summed E-state index contributed by atoms with van der Waals surface area (Å²) in [6.07, 6.45) is 2.34. The lowest BCUT2D eigenvalue weighted by Gasteiger charge is -2.27. The number of hydrogen-bond acceptors (Lipinski definition) is 4. The predicted molar refractivity (Wildman–Crippen MR) is 88.9 cm³/mol. The Morgan fingerprint density at radius 1 is 1.50 bits per heavy atom. The molecule has 0 radical (unpaired) electrons. The van der Waals surface area contributed by atoms with E-state index in [2.05, 4.69) is 43.2 Å². The minimum atomic E-state index is 0.191. The van der Waals surface area contributed by atoms with Crippen molar-refractivity contribution < 1.29 is 5.11 Å². The number of nitrogens with one attached hydrogen (secondary N) is 1. The van der Waals surface area contributed by atoms with E-state index in [9.17, 15) is 5.11 Å². The monoisotopic (exact) mass is 294 g/mol. The minimum absolute atomic E-state index is 0.191. The zero-order valence-electron chi connectivity index (χ0n) is 12.7. The van der Waals surface area contributed by atoms with Crippen LogP contribution in [0.3, 0.4) is 0 Å². The van der Waals surface area contributed by atoms with E-state index in [-0.39, 0.29) is 6.04 Å². The van der Waals surface area contributed by atoms with Gasteiger partial charge in [-0.1, -0.05) is 13.0 Å². The van der Waals surface area contributed by atoms with Gasteiger partial charge in [0, 0.05) is 42.2 Å². The summed E-state index contributed by atoms with van der Waals surface area (Å²) < 4.78 is 0. The highest BCUT2D eigenvalue weighted by Crippen LogP contribution is 2.31. The van der Waals surface area contributed by atoms with Gasteiger partial charge < -0.3 is 15.3 Å². The highest BCUT2D eigenvalue weighted by atomic mass is 32.2. The fourth-order valence-electron chi connectivity index (χ4n) is 2.63. The average Bonchev–Trinajstić information content (AvgIpc) is 2.98. The Labute approximate surface area is 126 Å². The van der Waals surface area contributed by atoms with E-state index in [1.807, 2.05) is 17.8 Å². The maximum atomic E-state index is 10.3. The second-order valence-electron chi connectivity index (χ2n) is 5.55. The molecule has 1 aromatic rings. The van der Waals surface area contributed by atoms with Crippen LogP contribution in [0.15, 0.2) is 18.2 Å². The number of thioether (sulfide) groups is 1. The van der Waals surface area contributed by atoms with Crippen molar-refractivity contribution in [2.24, 2.45) is 0 Å². The van der Waals surface area contributed by atoms with Gasteiger partial charge in [0.05, 0.1) is 0 Å². The van der Waals surface area contributed by atoms with Crippen LogP contribution in [0.2, 0.25) is 0 Å². The van der Waals surface area contributed by atoms with E-state index in [0.29, 0.717) is 11.8 Å². The van der Waals surface area contributed by atoms with Crippen LogP contribution in [0.5, 0.6) is 5.75 Å². The van der Waals surface area contributed by atoms with Crippen LogP contribution in [-0.4, -0.2) is 36.2 Å². The molecule has 2 atom stereocenters. The first-order chi connectivity index (χ1) is 9.63. The third-order valence-corrected chi connectivity index (χ3v) is 5.19. The fourth-order valence-corrected chi connectivity index (χ4v) is 3.89. The van der Waals surface area contributed by atoms with E-state index < -0.39 is 0 Å². The standard InChI is InChI=1S/C16H26N2OS/c1-4-8-17-12(2)15-6-5-13(10-16(15)19)18(3)14-7-9-20-11-14/h5-6,10,12,14,17,19H,4,7-9,11H2,1-3H3. The van der Waals surface area contributed by atoms with Crippen LogP contribution in [0.1, 0.15) is 38.3 Å². The SMILES string of the molecule is CCCNC(C)c1ccc(N(C)C2CCSC2)cc1O. The van der Waals surface area contributed by atoms with Gasteiger partial charge in [-0.15, -0.1) is 0 Å². The molecule has 1 aromatic carbocycles. The van der Waals surface area contributed by atoms with E-state index in [0.717, 1.165) is 24.2 Å². The van der Waals surface area contributed by atoms with Crippen molar-refractivity contribution >= 4 is 17.4 Å². The Morgan fingerprint density at radius 3 is 2.90 bits per heavy atom. The molecule has 1 aliphatic rings. The molecule has 0 bridgehead atoms. The van der Waals surface area contributed by atoms with Gasteiger partial charge in [0.1, 0.15) is 5.75 Å². The Kier molecular flexibility index (Phi) is 5.61. The molecular weight excluding hydrogens is 268 g/mol. The molecule has 20 heavy (non-hydrogen) atoms. The average molecular weight is 294 g/mol. The normalized spacial score (nSPS) is 20.1. The maximum Gasteiger partial charge on any atom is 0.122 e. The third kappa shape index (κ3) is 3.61. The van der Waals surface area contributed by atoms with Crippen molar-refractivity contribution in [3.05, 3.63) is 23.8 Å². The maximum absolute atomic E-state index is 10.3. The molecule has 2 N–H and O–H groups in total. The van der Waals surface area contributed by atoms with Gasteiger partial charge in [-0.2, -0.15) is 11.8 Å². The summed E-state index contributed by atoms with van der Waals surface area (Å²) in [4.78, 5) is 2.30. The molecule has 4 heteroatoms. The van der Waals surface area contributed by atoms with Gasteiger partial charge in [0.25, 0.3) is 0 Å². The van der Waals surface area contributed by atoms with Crippen LogP contribution in [-0.2, 0) is 0 Å². The summed E-state index contributed by atoms with van der Waals surface area (Å²) in [5, 5.41) is 13.7. The zero-order chi connectivity index (χ0) is 14.5. The minimum Gasteiger partial charge on any atom is -0.508 e. The molecule has 0 spiro atoms. The molecule has 1 saturated heterocycles. The van der Waals surface area contributed by atoms with Gasteiger partial charge in [0.2, 0.25) is 0 Å². The van der Waals surface area contributed by atoms with Crippen molar-refractivity contribution in [2.45, 2.75) is 38.8 Å². The molecule has 3 nitrogen and oxygen atoms in total. The van der Waals surface area contributed by atoms with Crippen molar-refractivity contribution in [2.75, 3.05) is 30.0 Å². The summed E-state index contributed by atoms with van der Waals surface area (Å²) in [7, 11) is 2.13. The molecule has 1 heterocycles. The molecule has 1 fully saturated rings. The summed E-state index contributed by atoms with van der Waals surface area (Å²) in [5.74, 6) is 2.83. The number of nitrogens with zero attached hydrogens (tertiary/aromatic N) is 1. The Morgan fingerprint density at radius 2 is 2.30 bits per heavy atom. The molecule has 0 aromatic heterocycles. The molecule has 1 aliphatic heterocycles. The fraction of sp³-hybridized carbons (Fsp3) is 0.625. The van der Waals surface area contributed by atoms with Crippen LogP contribution < -0.4 is 10.2 Å². The summed E-state index contributed by atoms with van der Waals surface area (Å²) in [5.41, 5.74) is 2.10. The predicted octanol–water partition coefficient (Wildman–Crippen LogP) is 3.39. The Balaban J connectivity index is 2.08. The highest BCUT2D eigenvalue weighted by molar-refractivity contribution is 7.99. The highest BCUT2D eigenvalue weighted by Gasteiger charge is 2.21. The van der Waals surface area contributed by atoms with Crippen molar-refractivity contribution in [1.29, 1.82) is 0 Å². The molecule has 0 saturated carbocycles. The number of phenols is 1. The number of phenolic OH excluding ortho intramolecular Hbond substituents is 1. The van der Waals surface area contributed by atoms with E-state index in [1.54, 1.807) is 0 Å². The molecule has 2 rings (SSSR count). The number of rotatable bonds is 6. The molecule has 112 valence electrons. The lowest BCUT2D eigenvalue weighted by atomic mass is 10.1. The molecular formula is C16H26N2OS. The summed E-state index contributed by atoms with van der Waals surface area (Å²) in [6, 6.07) is 6.87. The number of anilines is 1. The molecule has 0 amide bonds. The summed E-state index contributed by atoms with van der Waals surface area (Å²) in [6.45, 7) is 5.22. The number of hydrogen-bond donors (Lipinski definition) is 2. The largest absolute Gasteiger partial charge is 0.508 e. The lowest BCUT2D eigenvalue weighted by Crippen LogP contribution is -2.31. The first-order valence-corrected chi connectivity index (χ1v) is 8.65. The quantitative estimate of drug-likeness (QED) is 0.843. The van der Waals surface area contributed by atoms with Crippen molar-refractivity contribution in [1.82, 2.24) is 5.32 Å². The van der Waals surface area contributed by atoms with Crippen molar-refractivity contribution in [3.63, 3.8) is 0 Å². The van der Waals surface area contributed by atoms with Crippen molar-refractivity contribution in [3.8, 4) is 5.75 Å². The van der Waals surface area contributed by atoms with Crippen LogP contribution in [0.4, 0.5) is 5.69 Å². The molecule has 2 unspecified atom stereocenters.